The predicted molar refractivity (Wildman–Crippen MR) is 93.2 cm³/mol. The van der Waals surface area contributed by atoms with E-state index in [1.807, 2.05) is 18.2 Å². The molecule has 25 heavy (non-hydrogen) atoms. The molecule has 0 aliphatic heterocycles. The summed E-state index contributed by atoms with van der Waals surface area (Å²) in [5, 5.41) is 12.4. The van der Waals surface area contributed by atoms with Crippen molar-refractivity contribution in [2.45, 2.75) is 38.3 Å². The molecule has 130 valence electrons. The van der Waals surface area contributed by atoms with Gasteiger partial charge in [0.1, 0.15) is 5.75 Å². The Morgan fingerprint density at radius 2 is 2.00 bits per heavy atom. The third-order valence-corrected chi connectivity index (χ3v) is 4.42. The summed E-state index contributed by atoms with van der Waals surface area (Å²) in [4.78, 5) is 24.5. The summed E-state index contributed by atoms with van der Waals surface area (Å²) in [5.74, 6) is -0.983. The zero-order valence-corrected chi connectivity index (χ0v) is 14.1. The smallest absolute Gasteiger partial charge is 0.339 e. The highest BCUT2D eigenvalue weighted by molar-refractivity contribution is 5.92. The van der Waals surface area contributed by atoms with Crippen LogP contribution in [0.2, 0.25) is 0 Å². The number of phenols is 1. The standard InChI is InChI=1S/C20H21NO4/c1-13(25-20(24)15-8-4-9-16(22)12-15)19(23)21-18-11-5-7-14-6-2-3-10-17(14)18/h2-4,6,8-10,12-13,18,22H,5,7,11H2,1H3,(H,21,23)/t13-,18+/m1/s1. The third-order valence-electron chi connectivity index (χ3n) is 4.42. The Kier molecular flexibility index (Phi) is 5.03. The molecular formula is C20H21NO4. The molecule has 2 aromatic rings. The van der Waals surface area contributed by atoms with Crippen molar-refractivity contribution >= 4 is 11.9 Å². The molecule has 0 bridgehead atoms. The van der Waals surface area contributed by atoms with E-state index in [0.29, 0.717) is 0 Å². The highest BCUT2D eigenvalue weighted by Crippen LogP contribution is 2.29. The van der Waals surface area contributed by atoms with E-state index in [2.05, 4.69) is 11.4 Å². The Hall–Kier alpha value is -2.82. The van der Waals surface area contributed by atoms with Gasteiger partial charge in [0.05, 0.1) is 11.6 Å². The number of phenolic OH excluding ortho intramolecular Hbond substituents is 1. The van der Waals surface area contributed by atoms with Crippen LogP contribution in [0, 0.1) is 0 Å². The topological polar surface area (TPSA) is 75.6 Å². The van der Waals surface area contributed by atoms with Crippen molar-refractivity contribution in [3.63, 3.8) is 0 Å². The highest BCUT2D eigenvalue weighted by atomic mass is 16.5. The fourth-order valence-electron chi connectivity index (χ4n) is 3.11. The van der Waals surface area contributed by atoms with Crippen LogP contribution >= 0.6 is 0 Å². The summed E-state index contributed by atoms with van der Waals surface area (Å²) in [6.07, 6.45) is 1.99. The first-order chi connectivity index (χ1) is 12.0. The molecule has 0 heterocycles. The van der Waals surface area contributed by atoms with Crippen LogP contribution in [0.1, 0.15) is 47.3 Å². The van der Waals surface area contributed by atoms with Gasteiger partial charge in [0, 0.05) is 0 Å². The number of hydrogen-bond acceptors (Lipinski definition) is 4. The summed E-state index contributed by atoms with van der Waals surface area (Å²) >= 11 is 0. The first-order valence-electron chi connectivity index (χ1n) is 8.43. The van der Waals surface area contributed by atoms with Gasteiger partial charge in [-0.2, -0.15) is 0 Å². The maximum absolute atomic E-state index is 12.4. The molecule has 1 amide bonds. The van der Waals surface area contributed by atoms with Crippen LogP contribution < -0.4 is 5.32 Å². The normalized spacial score (nSPS) is 17.2. The van der Waals surface area contributed by atoms with E-state index in [4.69, 9.17) is 4.74 Å². The number of benzene rings is 2. The molecule has 0 saturated carbocycles. The van der Waals surface area contributed by atoms with Crippen LogP contribution in [0.3, 0.4) is 0 Å². The lowest BCUT2D eigenvalue weighted by molar-refractivity contribution is -0.130. The van der Waals surface area contributed by atoms with E-state index < -0.39 is 12.1 Å². The molecule has 0 unspecified atom stereocenters. The number of rotatable bonds is 4. The van der Waals surface area contributed by atoms with Crippen molar-refractivity contribution in [1.82, 2.24) is 5.32 Å². The van der Waals surface area contributed by atoms with Gasteiger partial charge in [-0.15, -0.1) is 0 Å². The van der Waals surface area contributed by atoms with Crippen molar-refractivity contribution in [2.24, 2.45) is 0 Å². The maximum atomic E-state index is 12.4. The molecule has 1 aliphatic carbocycles. The van der Waals surface area contributed by atoms with Crippen molar-refractivity contribution in [3.8, 4) is 5.75 Å². The number of fused-ring (bicyclic) bond motifs is 1. The van der Waals surface area contributed by atoms with Crippen LogP contribution in [-0.4, -0.2) is 23.1 Å². The summed E-state index contributed by atoms with van der Waals surface area (Å²) in [6, 6.07) is 13.9. The Balaban J connectivity index is 1.63. The van der Waals surface area contributed by atoms with Crippen LogP contribution in [-0.2, 0) is 16.0 Å². The average Bonchev–Trinajstić information content (AvgIpc) is 2.62. The Bertz CT molecular complexity index is 787. The minimum Gasteiger partial charge on any atom is -0.508 e. The van der Waals surface area contributed by atoms with Crippen molar-refractivity contribution in [2.75, 3.05) is 0 Å². The Labute approximate surface area is 146 Å². The molecule has 2 atom stereocenters. The van der Waals surface area contributed by atoms with Gasteiger partial charge in [0.15, 0.2) is 6.10 Å². The van der Waals surface area contributed by atoms with Gasteiger partial charge in [0.25, 0.3) is 5.91 Å². The van der Waals surface area contributed by atoms with E-state index >= 15 is 0 Å². The predicted octanol–water partition coefficient (Wildman–Crippen LogP) is 3.13. The number of carbonyl (C=O) groups excluding carboxylic acids is 2. The number of esters is 1. The number of nitrogens with one attached hydrogen (secondary N) is 1. The van der Waals surface area contributed by atoms with Gasteiger partial charge < -0.3 is 15.2 Å². The maximum Gasteiger partial charge on any atom is 0.339 e. The molecule has 2 aromatic carbocycles. The van der Waals surface area contributed by atoms with Gasteiger partial charge >= 0.3 is 5.97 Å². The van der Waals surface area contributed by atoms with Crippen LogP contribution in [0.5, 0.6) is 5.75 Å². The average molecular weight is 339 g/mol. The van der Waals surface area contributed by atoms with Gasteiger partial charge in [-0.25, -0.2) is 4.79 Å². The SMILES string of the molecule is C[C@@H](OC(=O)c1cccc(O)c1)C(=O)N[C@H]1CCCc2ccccc21. The Morgan fingerprint density at radius 1 is 1.20 bits per heavy atom. The lowest BCUT2D eigenvalue weighted by Gasteiger charge is -2.27. The Morgan fingerprint density at radius 3 is 2.80 bits per heavy atom. The van der Waals surface area contributed by atoms with Gasteiger partial charge in [-0.3, -0.25) is 4.79 Å². The largest absolute Gasteiger partial charge is 0.508 e. The number of hydrogen-bond donors (Lipinski definition) is 2. The van der Waals surface area contributed by atoms with Crippen molar-refractivity contribution in [1.29, 1.82) is 0 Å². The van der Waals surface area contributed by atoms with E-state index in [9.17, 15) is 14.7 Å². The zero-order chi connectivity index (χ0) is 17.8. The van der Waals surface area contributed by atoms with Crippen molar-refractivity contribution in [3.05, 3.63) is 65.2 Å². The molecule has 0 fully saturated rings. The molecule has 0 spiro atoms. The van der Waals surface area contributed by atoms with Gasteiger partial charge in [-0.1, -0.05) is 30.3 Å². The molecule has 0 radical (unpaired) electrons. The number of carbonyl (C=O) groups is 2. The molecule has 2 N–H and O–H groups in total. The second-order valence-corrected chi connectivity index (χ2v) is 6.25. The molecule has 1 aliphatic rings. The van der Waals surface area contributed by atoms with E-state index in [1.54, 1.807) is 13.0 Å². The molecular weight excluding hydrogens is 318 g/mol. The quantitative estimate of drug-likeness (QED) is 0.839. The molecule has 3 rings (SSSR count). The van der Waals surface area contributed by atoms with E-state index in [1.165, 1.54) is 23.8 Å². The number of aryl methyl sites for hydroxylation is 1. The first-order valence-corrected chi connectivity index (χ1v) is 8.43. The second kappa shape index (κ2) is 7.38. The van der Waals surface area contributed by atoms with Crippen LogP contribution in [0.4, 0.5) is 0 Å². The first kappa shape index (κ1) is 17.0. The van der Waals surface area contributed by atoms with Crippen LogP contribution in [0.15, 0.2) is 48.5 Å². The fraction of sp³-hybridized carbons (Fsp3) is 0.300. The summed E-state index contributed by atoms with van der Waals surface area (Å²) in [6.45, 7) is 1.55. The highest BCUT2D eigenvalue weighted by Gasteiger charge is 2.25. The summed E-state index contributed by atoms with van der Waals surface area (Å²) in [5.41, 5.74) is 2.60. The van der Waals surface area contributed by atoms with Gasteiger partial charge in [0.2, 0.25) is 0 Å². The van der Waals surface area contributed by atoms with Gasteiger partial charge in [-0.05, 0) is 55.5 Å². The molecule has 0 aromatic heterocycles. The third kappa shape index (κ3) is 3.99. The molecule has 5 heteroatoms. The van der Waals surface area contributed by atoms with Crippen LogP contribution in [0.25, 0.3) is 0 Å². The number of aromatic hydroxyl groups is 1. The minimum atomic E-state index is -0.913. The minimum absolute atomic E-state index is 0.0228. The molecule has 5 nitrogen and oxygen atoms in total. The lowest BCUT2D eigenvalue weighted by atomic mass is 9.87. The summed E-state index contributed by atoms with van der Waals surface area (Å²) < 4.78 is 5.22. The number of amides is 1. The fourth-order valence-corrected chi connectivity index (χ4v) is 3.11. The van der Waals surface area contributed by atoms with E-state index in [0.717, 1.165) is 24.8 Å². The summed E-state index contributed by atoms with van der Waals surface area (Å²) in [7, 11) is 0. The lowest BCUT2D eigenvalue weighted by Crippen LogP contribution is -2.39. The monoisotopic (exact) mass is 339 g/mol. The number of ether oxygens (including phenoxy) is 1. The molecule has 0 saturated heterocycles. The van der Waals surface area contributed by atoms with Crippen molar-refractivity contribution < 1.29 is 19.4 Å². The van der Waals surface area contributed by atoms with E-state index in [-0.39, 0.29) is 23.3 Å². The zero-order valence-electron chi connectivity index (χ0n) is 14.1. The second-order valence-electron chi connectivity index (χ2n) is 6.25.